The van der Waals surface area contributed by atoms with Crippen LogP contribution in [0.3, 0.4) is 0 Å². The van der Waals surface area contributed by atoms with Crippen LogP contribution in [0.25, 0.3) is 0 Å². The second kappa shape index (κ2) is 6.85. The molecule has 1 aromatic carbocycles. The molecule has 20 heavy (non-hydrogen) atoms. The van der Waals surface area contributed by atoms with E-state index in [0.717, 1.165) is 21.6 Å². The largest absolute Gasteiger partial charge is 0.484 e. The Labute approximate surface area is 136 Å². The monoisotopic (exact) mass is 377 g/mol. The highest BCUT2D eigenvalue weighted by molar-refractivity contribution is 9.10. The highest BCUT2D eigenvalue weighted by atomic mass is 79.9. The van der Waals surface area contributed by atoms with E-state index in [1.54, 1.807) is 12.1 Å². The molecule has 0 spiro atoms. The summed E-state index contributed by atoms with van der Waals surface area (Å²) < 4.78 is 12.1. The highest BCUT2D eigenvalue weighted by Gasteiger charge is 2.10. The van der Waals surface area contributed by atoms with Crippen LogP contribution >= 0.6 is 39.1 Å². The lowest BCUT2D eigenvalue weighted by Crippen LogP contribution is -2.04. The number of ether oxygens (including phenoxy) is 1. The summed E-state index contributed by atoms with van der Waals surface area (Å²) in [5.74, 6) is 2.19. The van der Waals surface area contributed by atoms with Crippen molar-refractivity contribution in [3.8, 4) is 5.75 Å². The van der Waals surface area contributed by atoms with Gasteiger partial charge in [-0.3, -0.25) is 0 Å². The Morgan fingerprint density at radius 3 is 2.70 bits per heavy atom. The quantitative estimate of drug-likeness (QED) is 0.747. The molecule has 0 aliphatic rings. The molecule has 108 valence electrons. The molecule has 1 aromatic heterocycles. The average Bonchev–Trinajstić information content (AvgIpc) is 2.74. The zero-order valence-electron chi connectivity index (χ0n) is 11.1. The summed E-state index contributed by atoms with van der Waals surface area (Å²) in [6, 6.07) is 5.35. The van der Waals surface area contributed by atoms with E-state index in [1.165, 1.54) is 0 Å². The van der Waals surface area contributed by atoms with E-state index in [4.69, 9.17) is 32.4 Å². The Kier molecular flexibility index (Phi) is 5.38. The van der Waals surface area contributed by atoms with Gasteiger partial charge < -0.3 is 14.5 Å². The molecule has 0 amide bonds. The topological polar surface area (TPSA) is 34.4 Å². The third-order valence-electron chi connectivity index (χ3n) is 2.75. The molecule has 0 radical (unpaired) electrons. The summed E-state index contributed by atoms with van der Waals surface area (Å²) in [6.07, 6.45) is 0. The summed E-state index contributed by atoms with van der Waals surface area (Å²) in [6.45, 7) is 3.00. The van der Waals surface area contributed by atoms with Crippen LogP contribution in [-0.4, -0.2) is 7.05 Å². The molecule has 0 saturated carbocycles. The molecule has 0 saturated heterocycles. The fourth-order valence-corrected chi connectivity index (χ4v) is 2.61. The Morgan fingerprint density at radius 1 is 1.25 bits per heavy atom. The minimum Gasteiger partial charge on any atom is -0.484 e. The van der Waals surface area contributed by atoms with Gasteiger partial charge in [0.2, 0.25) is 0 Å². The van der Waals surface area contributed by atoms with Crippen molar-refractivity contribution in [1.29, 1.82) is 0 Å². The third kappa shape index (κ3) is 3.70. The van der Waals surface area contributed by atoms with Gasteiger partial charge in [0.05, 0.1) is 16.6 Å². The molecular weight excluding hydrogens is 365 g/mol. The maximum atomic E-state index is 6.10. The minimum atomic E-state index is 0.308. The smallest absolute Gasteiger partial charge is 0.146 e. The van der Waals surface area contributed by atoms with E-state index in [0.29, 0.717) is 28.9 Å². The molecule has 0 aliphatic carbocycles. The lowest BCUT2D eigenvalue weighted by atomic mass is 10.2. The molecule has 0 aliphatic heterocycles. The second-order valence-electron chi connectivity index (χ2n) is 4.33. The molecule has 2 aromatic rings. The van der Waals surface area contributed by atoms with Crippen molar-refractivity contribution in [2.75, 3.05) is 7.05 Å². The van der Waals surface area contributed by atoms with Crippen LogP contribution in [0, 0.1) is 6.92 Å². The standard InChI is InChI=1S/C14H14BrCl2NO2/c1-8-3-9(20-14(8)6-18-2)7-19-13-5-11(16)10(15)4-12(13)17/h3-5,18H,6-7H2,1-2H3. The number of hydrogen-bond donors (Lipinski definition) is 1. The molecular formula is C14H14BrCl2NO2. The van der Waals surface area contributed by atoms with Crippen molar-refractivity contribution >= 4 is 39.1 Å². The van der Waals surface area contributed by atoms with Crippen molar-refractivity contribution in [3.63, 3.8) is 0 Å². The second-order valence-corrected chi connectivity index (χ2v) is 6.00. The third-order valence-corrected chi connectivity index (χ3v) is 4.25. The molecule has 2 rings (SSSR count). The van der Waals surface area contributed by atoms with Crippen LogP contribution in [0.5, 0.6) is 5.75 Å². The van der Waals surface area contributed by atoms with Gasteiger partial charge >= 0.3 is 0 Å². The van der Waals surface area contributed by atoms with Crippen molar-refractivity contribution in [3.05, 3.63) is 49.8 Å². The molecule has 0 atom stereocenters. The number of hydrogen-bond acceptors (Lipinski definition) is 3. The summed E-state index contributed by atoms with van der Waals surface area (Å²) in [4.78, 5) is 0. The Hall–Kier alpha value is -0.680. The van der Waals surface area contributed by atoms with E-state index in [-0.39, 0.29) is 0 Å². The fraction of sp³-hybridized carbons (Fsp3) is 0.286. The van der Waals surface area contributed by atoms with Crippen LogP contribution in [0.2, 0.25) is 10.0 Å². The summed E-state index contributed by atoms with van der Waals surface area (Å²) in [7, 11) is 1.88. The van der Waals surface area contributed by atoms with Crippen LogP contribution in [0.4, 0.5) is 0 Å². The maximum Gasteiger partial charge on any atom is 0.146 e. The van der Waals surface area contributed by atoms with Crippen LogP contribution in [0.1, 0.15) is 17.1 Å². The first-order chi connectivity index (χ1) is 9.51. The first-order valence-electron chi connectivity index (χ1n) is 6.01. The molecule has 1 N–H and O–H groups in total. The summed E-state index contributed by atoms with van der Waals surface area (Å²) >= 11 is 15.4. The first-order valence-corrected chi connectivity index (χ1v) is 7.56. The normalized spacial score (nSPS) is 10.8. The van der Waals surface area contributed by atoms with Crippen LogP contribution < -0.4 is 10.1 Å². The van der Waals surface area contributed by atoms with Gasteiger partial charge in [-0.2, -0.15) is 0 Å². The van der Waals surface area contributed by atoms with Crippen LogP contribution in [0.15, 0.2) is 27.1 Å². The number of aryl methyl sites for hydroxylation is 1. The number of benzene rings is 1. The number of furan rings is 1. The Balaban J connectivity index is 2.09. The minimum absolute atomic E-state index is 0.308. The summed E-state index contributed by atoms with van der Waals surface area (Å²) in [5.41, 5.74) is 1.10. The van der Waals surface area contributed by atoms with E-state index >= 15 is 0 Å². The number of nitrogens with one attached hydrogen (secondary N) is 1. The molecule has 0 unspecified atom stereocenters. The van der Waals surface area contributed by atoms with Crippen molar-refractivity contribution in [2.45, 2.75) is 20.1 Å². The van der Waals surface area contributed by atoms with E-state index in [1.807, 2.05) is 20.0 Å². The zero-order valence-corrected chi connectivity index (χ0v) is 14.2. The Bertz CT molecular complexity index is 613. The van der Waals surface area contributed by atoms with Gasteiger partial charge in [0, 0.05) is 10.5 Å². The SMILES string of the molecule is CNCc1oc(COc2cc(Cl)c(Br)cc2Cl)cc1C. The molecule has 0 bridgehead atoms. The Morgan fingerprint density at radius 2 is 2.00 bits per heavy atom. The van der Waals surface area contributed by atoms with Gasteiger partial charge in [0.1, 0.15) is 23.9 Å². The van der Waals surface area contributed by atoms with Gasteiger partial charge in [0.25, 0.3) is 0 Å². The van der Waals surface area contributed by atoms with Crippen molar-refractivity contribution < 1.29 is 9.15 Å². The average molecular weight is 379 g/mol. The summed E-state index contributed by atoms with van der Waals surface area (Å²) in [5, 5.41) is 4.11. The van der Waals surface area contributed by atoms with E-state index < -0.39 is 0 Å². The maximum absolute atomic E-state index is 6.10. The lowest BCUT2D eigenvalue weighted by Gasteiger charge is -2.08. The van der Waals surface area contributed by atoms with Gasteiger partial charge in [-0.1, -0.05) is 23.2 Å². The van der Waals surface area contributed by atoms with Crippen molar-refractivity contribution in [2.24, 2.45) is 0 Å². The molecule has 6 heteroatoms. The predicted molar refractivity (Wildman–Crippen MR) is 84.7 cm³/mol. The van der Waals surface area contributed by atoms with Gasteiger partial charge in [0.15, 0.2) is 0 Å². The van der Waals surface area contributed by atoms with E-state index in [2.05, 4.69) is 21.2 Å². The zero-order chi connectivity index (χ0) is 14.7. The number of rotatable bonds is 5. The predicted octanol–water partition coefficient (Wildman–Crippen LogP) is 4.96. The van der Waals surface area contributed by atoms with Gasteiger partial charge in [-0.25, -0.2) is 0 Å². The lowest BCUT2D eigenvalue weighted by molar-refractivity contribution is 0.265. The highest BCUT2D eigenvalue weighted by Crippen LogP contribution is 2.34. The number of halogens is 3. The van der Waals surface area contributed by atoms with Crippen LogP contribution in [-0.2, 0) is 13.2 Å². The van der Waals surface area contributed by atoms with Gasteiger partial charge in [-0.05, 0) is 47.6 Å². The molecule has 0 fully saturated rings. The first kappa shape index (κ1) is 15.7. The molecule has 1 heterocycles. The van der Waals surface area contributed by atoms with Gasteiger partial charge in [-0.15, -0.1) is 0 Å². The van der Waals surface area contributed by atoms with E-state index in [9.17, 15) is 0 Å². The van der Waals surface area contributed by atoms with Crippen molar-refractivity contribution in [1.82, 2.24) is 5.32 Å². The fourth-order valence-electron chi connectivity index (χ4n) is 1.76. The molecule has 3 nitrogen and oxygen atoms in total.